The van der Waals surface area contributed by atoms with Crippen molar-refractivity contribution in [2.24, 2.45) is 0 Å². The molecule has 0 saturated heterocycles. The molecule has 2 rings (SSSR count). The molecule has 1 aromatic heterocycles. The number of benzene rings is 1. The number of halogens is 4. The first-order valence-corrected chi connectivity index (χ1v) is 7.68. The summed E-state index contributed by atoms with van der Waals surface area (Å²) in [5.74, 6) is -0.960. The van der Waals surface area contributed by atoms with E-state index in [1.165, 1.54) is 25.1 Å². The second kappa shape index (κ2) is 7.16. The summed E-state index contributed by atoms with van der Waals surface area (Å²) in [7, 11) is 0. The molecule has 24 heavy (non-hydrogen) atoms. The van der Waals surface area contributed by atoms with Gasteiger partial charge in [-0.25, -0.2) is 14.4 Å². The SMILES string of the molecule is Cc1ccc(NC(=O)C(C)Sc2nccc(C(F)(F)F)n2)cc1F. The normalized spacial score (nSPS) is 12.8. The number of hydrogen-bond donors (Lipinski definition) is 1. The van der Waals surface area contributed by atoms with Crippen molar-refractivity contribution in [1.29, 1.82) is 0 Å². The van der Waals surface area contributed by atoms with E-state index in [1.54, 1.807) is 6.92 Å². The summed E-state index contributed by atoms with van der Waals surface area (Å²) in [5, 5.41) is 1.57. The molecule has 1 atom stereocenters. The fourth-order valence-electron chi connectivity index (χ4n) is 1.68. The lowest BCUT2D eigenvalue weighted by Gasteiger charge is -2.12. The van der Waals surface area contributed by atoms with E-state index in [-0.39, 0.29) is 10.8 Å². The maximum absolute atomic E-state index is 13.5. The van der Waals surface area contributed by atoms with Crippen LogP contribution in [0.3, 0.4) is 0 Å². The standard InChI is InChI=1S/C15H13F4N3OS/c1-8-3-4-10(7-11(8)16)21-13(23)9(2)24-14-20-6-5-12(22-14)15(17,18)19/h3-7,9H,1-2H3,(H,21,23). The zero-order valence-corrected chi connectivity index (χ0v) is 13.5. The number of hydrogen-bond acceptors (Lipinski definition) is 4. The number of aromatic nitrogens is 2. The summed E-state index contributed by atoms with van der Waals surface area (Å²) in [4.78, 5) is 19.2. The molecule has 1 heterocycles. The lowest BCUT2D eigenvalue weighted by Crippen LogP contribution is -2.23. The summed E-state index contributed by atoms with van der Waals surface area (Å²) in [6.07, 6.45) is -3.60. The molecule has 9 heteroatoms. The Morgan fingerprint density at radius 1 is 1.29 bits per heavy atom. The zero-order chi connectivity index (χ0) is 17.9. The van der Waals surface area contributed by atoms with E-state index in [0.29, 0.717) is 5.56 Å². The fourth-order valence-corrected chi connectivity index (χ4v) is 2.44. The predicted octanol–water partition coefficient (Wildman–Crippen LogP) is 4.06. The van der Waals surface area contributed by atoms with Crippen molar-refractivity contribution in [3.05, 3.63) is 47.5 Å². The largest absolute Gasteiger partial charge is 0.433 e. The first-order valence-electron chi connectivity index (χ1n) is 6.80. The maximum atomic E-state index is 13.5. The zero-order valence-electron chi connectivity index (χ0n) is 12.7. The van der Waals surface area contributed by atoms with Crippen LogP contribution in [0, 0.1) is 12.7 Å². The summed E-state index contributed by atoms with van der Waals surface area (Å²) in [5.41, 5.74) is -0.374. The molecule has 0 bridgehead atoms. The van der Waals surface area contributed by atoms with Crippen LogP contribution in [-0.2, 0) is 11.0 Å². The second-order valence-corrected chi connectivity index (χ2v) is 6.24. The summed E-state index contributed by atoms with van der Waals surface area (Å²) in [6, 6.07) is 4.97. The van der Waals surface area contributed by atoms with Gasteiger partial charge < -0.3 is 5.32 Å². The van der Waals surface area contributed by atoms with Crippen molar-refractivity contribution in [1.82, 2.24) is 9.97 Å². The highest BCUT2D eigenvalue weighted by Crippen LogP contribution is 2.29. The van der Waals surface area contributed by atoms with Crippen molar-refractivity contribution in [3.63, 3.8) is 0 Å². The number of aryl methyl sites for hydroxylation is 1. The van der Waals surface area contributed by atoms with Crippen molar-refractivity contribution in [3.8, 4) is 0 Å². The minimum Gasteiger partial charge on any atom is -0.325 e. The fraction of sp³-hybridized carbons (Fsp3) is 0.267. The molecule has 0 aliphatic rings. The number of alkyl halides is 3. The van der Waals surface area contributed by atoms with Crippen LogP contribution in [0.25, 0.3) is 0 Å². The third-order valence-corrected chi connectivity index (χ3v) is 3.99. The molecule has 1 unspecified atom stereocenters. The molecule has 1 amide bonds. The Labute approximate surface area is 139 Å². The average Bonchev–Trinajstić information content (AvgIpc) is 2.50. The van der Waals surface area contributed by atoms with Crippen LogP contribution in [0.4, 0.5) is 23.2 Å². The summed E-state index contributed by atoms with van der Waals surface area (Å²) in [6.45, 7) is 3.08. The van der Waals surface area contributed by atoms with Crippen LogP contribution in [-0.4, -0.2) is 21.1 Å². The van der Waals surface area contributed by atoms with E-state index in [2.05, 4.69) is 15.3 Å². The monoisotopic (exact) mass is 359 g/mol. The number of amides is 1. The lowest BCUT2D eigenvalue weighted by atomic mass is 10.2. The molecule has 1 aromatic carbocycles. The first-order chi connectivity index (χ1) is 11.2. The number of anilines is 1. The Bertz CT molecular complexity index is 752. The molecule has 0 saturated carbocycles. The quantitative estimate of drug-likeness (QED) is 0.508. The Morgan fingerprint density at radius 3 is 2.62 bits per heavy atom. The Morgan fingerprint density at radius 2 is 2.00 bits per heavy atom. The Balaban J connectivity index is 2.05. The topological polar surface area (TPSA) is 54.9 Å². The highest BCUT2D eigenvalue weighted by atomic mass is 32.2. The molecule has 1 N–H and O–H groups in total. The number of carbonyl (C=O) groups excluding carboxylic acids is 1. The molecule has 128 valence electrons. The molecular formula is C15H13F4N3OS. The second-order valence-electron chi connectivity index (χ2n) is 4.94. The van der Waals surface area contributed by atoms with E-state index in [4.69, 9.17) is 0 Å². The van der Waals surface area contributed by atoms with Gasteiger partial charge in [0.1, 0.15) is 11.5 Å². The third kappa shape index (κ3) is 4.67. The minimum absolute atomic E-state index is 0.164. The maximum Gasteiger partial charge on any atom is 0.433 e. The predicted molar refractivity (Wildman–Crippen MR) is 82.1 cm³/mol. The van der Waals surface area contributed by atoms with E-state index >= 15 is 0 Å². The van der Waals surface area contributed by atoms with Gasteiger partial charge in [-0.05, 0) is 37.6 Å². The van der Waals surface area contributed by atoms with E-state index in [9.17, 15) is 22.4 Å². The highest BCUT2D eigenvalue weighted by Gasteiger charge is 2.33. The number of nitrogens with zero attached hydrogens (tertiary/aromatic N) is 2. The molecular weight excluding hydrogens is 346 g/mol. The molecule has 0 radical (unpaired) electrons. The van der Waals surface area contributed by atoms with Gasteiger partial charge in [-0.3, -0.25) is 4.79 Å². The molecule has 4 nitrogen and oxygen atoms in total. The van der Waals surface area contributed by atoms with Gasteiger partial charge in [0.2, 0.25) is 5.91 Å². The van der Waals surface area contributed by atoms with Crippen molar-refractivity contribution < 1.29 is 22.4 Å². The van der Waals surface area contributed by atoms with Gasteiger partial charge in [-0.15, -0.1) is 0 Å². The summed E-state index contributed by atoms with van der Waals surface area (Å²) >= 11 is 0.781. The van der Waals surface area contributed by atoms with Crippen LogP contribution in [0.1, 0.15) is 18.2 Å². The van der Waals surface area contributed by atoms with E-state index < -0.39 is 28.8 Å². The van der Waals surface area contributed by atoms with E-state index in [1.807, 2.05) is 0 Å². The van der Waals surface area contributed by atoms with Crippen molar-refractivity contribution in [2.45, 2.75) is 30.4 Å². The van der Waals surface area contributed by atoms with Crippen LogP contribution in [0.2, 0.25) is 0 Å². The van der Waals surface area contributed by atoms with Gasteiger partial charge >= 0.3 is 6.18 Å². The van der Waals surface area contributed by atoms with Crippen LogP contribution in [0.5, 0.6) is 0 Å². The summed E-state index contributed by atoms with van der Waals surface area (Å²) < 4.78 is 51.3. The molecule has 2 aromatic rings. The van der Waals surface area contributed by atoms with Crippen molar-refractivity contribution >= 4 is 23.4 Å². The Kier molecular flexibility index (Phi) is 5.43. The van der Waals surface area contributed by atoms with Gasteiger partial charge in [0.25, 0.3) is 0 Å². The molecule has 0 fully saturated rings. The van der Waals surface area contributed by atoms with Gasteiger partial charge in [0, 0.05) is 11.9 Å². The van der Waals surface area contributed by atoms with Gasteiger partial charge in [0.15, 0.2) is 5.16 Å². The molecule has 0 aliphatic heterocycles. The van der Waals surface area contributed by atoms with Gasteiger partial charge in [-0.2, -0.15) is 13.2 Å². The van der Waals surface area contributed by atoms with Gasteiger partial charge in [-0.1, -0.05) is 17.8 Å². The van der Waals surface area contributed by atoms with E-state index in [0.717, 1.165) is 24.0 Å². The van der Waals surface area contributed by atoms with Crippen LogP contribution < -0.4 is 5.32 Å². The van der Waals surface area contributed by atoms with Crippen LogP contribution >= 0.6 is 11.8 Å². The highest BCUT2D eigenvalue weighted by molar-refractivity contribution is 8.00. The number of nitrogens with one attached hydrogen (secondary N) is 1. The molecule has 0 spiro atoms. The van der Waals surface area contributed by atoms with Crippen molar-refractivity contribution in [2.75, 3.05) is 5.32 Å². The number of rotatable bonds is 4. The number of carbonyl (C=O) groups is 1. The smallest absolute Gasteiger partial charge is 0.325 e. The number of thioether (sulfide) groups is 1. The third-order valence-electron chi connectivity index (χ3n) is 3.01. The van der Waals surface area contributed by atoms with Crippen LogP contribution in [0.15, 0.2) is 35.6 Å². The Hall–Kier alpha value is -2.16. The first kappa shape index (κ1) is 18.2. The van der Waals surface area contributed by atoms with Gasteiger partial charge in [0.05, 0.1) is 5.25 Å². The lowest BCUT2D eigenvalue weighted by molar-refractivity contribution is -0.141. The molecule has 0 aliphatic carbocycles. The average molecular weight is 359 g/mol. The minimum atomic E-state index is -4.58.